The zero-order chi connectivity index (χ0) is 11.7. The van der Waals surface area contributed by atoms with Gasteiger partial charge in [-0.25, -0.2) is 8.78 Å². The highest BCUT2D eigenvalue weighted by atomic mass is 79.9. The van der Waals surface area contributed by atoms with Crippen LogP contribution in [-0.2, 0) is 0 Å². The average molecular weight is 291 g/mol. The number of nitrogens with zero attached hydrogens (tertiary/aromatic N) is 1. The fourth-order valence-electron chi connectivity index (χ4n) is 1.91. The van der Waals surface area contributed by atoms with Crippen LogP contribution in [0.3, 0.4) is 0 Å². The summed E-state index contributed by atoms with van der Waals surface area (Å²) >= 11 is 2.97. The van der Waals surface area contributed by atoms with Crippen molar-refractivity contribution in [2.75, 3.05) is 24.5 Å². The Morgan fingerprint density at radius 3 is 2.81 bits per heavy atom. The molecule has 0 amide bonds. The molecule has 1 aliphatic rings. The Morgan fingerprint density at radius 1 is 1.38 bits per heavy atom. The van der Waals surface area contributed by atoms with E-state index in [9.17, 15) is 8.78 Å². The zero-order valence-corrected chi connectivity index (χ0v) is 10.5. The summed E-state index contributed by atoms with van der Waals surface area (Å²) < 4.78 is 27.2. The molecule has 16 heavy (non-hydrogen) atoms. The van der Waals surface area contributed by atoms with Gasteiger partial charge in [0.15, 0.2) is 0 Å². The highest BCUT2D eigenvalue weighted by molar-refractivity contribution is 9.10. The fourth-order valence-corrected chi connectivity index (χ4v) is 2.22. The van der Waals surface area contributed by atoms with Crippen molar-refractivity contribution in [1.82, 2.24) is 5.32 Å². The van der Waals surface area contributed by atoms with Crippen LogP contribution in [0.2, 0.25) is 0 Å². The lowest BCUT2D eigenvalue weighted by molar-refractivity contribution is 0.477. The molecule has 0 spiro atoms. The van der Waals surface area contributed by atoms with Gasteiger partial charge in [0.05, 0.1) is 10.2 Å². The molecule has 2 nitrogen and oxygen atoms in total. The summed E-state index contributed by atoms with van der Waals surface area (Å²) in [6, 6.07) is 2.72. The maximum Gasteiger partial charge on any atom is 0.147 e. The third-order valence-corrected chi connectivity index (χ3v) is 3.31. The van der Waals surface area contributed by atoms with E-state index in [1.165, 1.54) is 12.1 Å². The summed E-state index contributed by atoms with van der Waals surface area (Å²) in [5.74, 6) is -0.815. The molecule has 1 aromatic carbocycles. The van der Waals surface area contributed by atoms with Gasteiger partial charge >= 0.3 is 0 Å². The molecule has 0 bridgehead atoms. The van der Waals surface area contributed by atoms with Crippen molar-refractivity contribution >= 4 is 21.6 Å². The molecule has 1 aromatic rings. The Hall–Kier alpha value is -0.680. The number of nitrogens with one attached hydrogen (secondary N) is 1. The minimum Gasteiger partial charge on any atom is -0.366 e. The molecule has 1 heterocycles. The van der Waals surface area contributed by atoms with Crippen LogP contribution in [0.15, 0.2) is 16.6 Å². The number of hydrogen-bond acceptors (Lipinski definition) is 2. The average Bonchev–Trinajstić information content (AvgIpc) is 2.23. The van der Waals surface area contributed by atoms with Crippen molar-refractivity contribution in [2.45, 2.75) is 13.0 Å². The molecule has 5 heteroatoms. The van der Waals surface area contributed by atoms with E-state index >= 15 is 0 Å². The van der Waals surface area contributed by atoms with Gasteiger partial charge in [0, 0.05) is 31.7 Å². The van der Waals surface area contributed by atoms with Gasteiger partial charge in [-0.3, -0.25) is 0 Å². The maximum atomic E-state index is 13.7. The highest BCUT2D eigenvalue weighted by Gasteiger charge is 2.20. The number of halogens is 3. The van der Waals surface area contributed by atoms with Crippen molar-refractivity contribution < 1.29 is 8.78 Å². The van der Waals surface area contributed by atoms with Crippen LogP contribution >= 0.6 is 15.9 Å². The molecule has 0 aliphatic carbocycles. The molecule has 1 unspecified atom stereocenters. The number of piperazine rings is 1. The molecule has 0 saturated carbocycles. The van der Waals surface area contributed by atoms with Crippen molar-refractivity contribution in [3.63, 3.8) is 0 Å². The van der Waals surface area contributed by atoms with Crippen LogP contribution in [0.25, 0.3) is 0 Å². The van der Waals surface area contributed by atoms with Crippen molar-refractivity contribution in [3.8, 4) is 0 Å². The number of hydrogen-bond donors (Lipinski definition) is 1. The minimum absolute atomic E-state index is 0.164. The Bertz CT molecular complexity index is 398. The van der Waals surface area contributed by atoms with Gasteiger partial charge in [0.1, 0.15) is 11.6 Å². The number of rotatable bonds is 1. The van der Waals surface area contributed by atoms with Crippen LogP contribution in [-0.4, -0.2) is 25.7 Å². The third kappa shape index (κ3) is 2.35. The van der Waals surface area contributed by atoms with E-state index in [0.29, 0.717) is 24.8 Å². The second kappa shape index (κ2) is 4.67. The normalized spacial score (nSPS) is 21.2. The van der Waals surface area contributed by atoms with Gasteiger partial charge in [-0.05, 0) is 28.9 Å². The lowest BCUT2D eigenvalue weighted by Crippen LogP contribution is -2.49. The first-order valence-electron chi connectivity index (χ1n) is 5.21. The fraction of sp³-hybridized carbons (Fsp3) is 0.455. The topological polar surface area (TPSA) is 15.3 Å². The Kier molecular flexibility index (Phi) is 3.44. The quantitative estimate of drug-likeness (QED) is 0.800. The number of benzene rings is 1. The first kappa shape index (κ1) is 11.8. The van der Waals surface area contributed by atoms with Crippen LogP contribution in [0.1, 0.15) is 6.92 Å². The predicted molar refractivity (Wildman–Crippen MR) is 63.7 cm³/mol. The van der Waals surface area contributed by atoms with Crippen molar-refractivity contribution in [3.05, 3.63) is 28.2 Å². The Labute approximate surface area is 102 Å². The molecule has 1 aliphatic heterocycles. The predicted octanol–water partition coefficient (Wildman–Crippen LogP) is 2.53. The number of anilines is 1. The summed E-state index contributed by atoms with van der Waals surface area (Å²) in [6.45, 7) is 4.21. The van der Waals surface area contributed by atoms with E-state index in [1.54, 1.807) is 0 Å². The molecule has 1 saturated heterocycles. The SMILES string of the molecule is CC1CN(c2cc(F)c(Br)cc2F)CCN1. The molecule has 0 aromatic heterocycles. The van der Waals surface area contributed by atoms with Gasteiger partial charge < -0.3 is 10.2 Å². The van der Waals surface area contributed by atoms with E-state index in [0.717, 1.165) is 6.54 Å². The maximum absolute atomic E-state index is 13.7. The van der Waals surface area contributed by atoms with Gasteiger partial charge in [-0.1, -0.05) is 0 Å². The first-order chi connectivity index (χ1) is 7.58. The van der Waals surface area contributed by atoms with E-state index in [-0.39, 0.29) is 10.3 Å². The monoisotopic (exact) mass is 290 g/mol. The molecular formula is C11H13BrF2N2. The summed E-state index contributed by atoms with van der Waals surface area (Å²) in [5.41, 5.74) is 0.342. The van der Waals surface area contributed by atoms with Gasteiger partial charge in [0.2, 0.25) is 0 Å². The molecule has 0 radical (unpaired) electrons. The second-order valence-corrected chi connectivity index (χ2v) is 4.87. The Balaban J connectivity index is 2.29. The molecule has 88 valence electrons. The molecule has 2 rings (SSSR count). The van der Waals surface area contributed by atoms with Gasteiger partial charge in [-0.15, -0.1) is 0 Å². The summed E-state index contributed by atoms with van der Waals surface area (Å²) in [7, 11) is 0. The van der Waals surface area contributed by atoms with E-state index < -0.39 is 5.82 Å². The van der Waals surface area contributed by atoms with Crippen LogP contribution < -0.4 is 10.2 Å². The van der Waals surface area contributed by atoms with Gasteiger partial charge in [-0.2, -0.15) is 0 Å². The largest absolute Gasteiger partial charge is 0.366 e. The standard InChI is InChI=1S/C11H13BrF2N2/c1-7-6-16(3-2-15-7)11-5-9(13)8(12)4-10(11)14/h4-5,7,15H,2-3,6H2,1H3. The third-order valence-electron chi connectivity index (χ3n) is 2.70. The second-order valence-electron chi connectivity index (χ2n) is 4.02. The summed E-state index contributed by atoms with van der Waals surface area (Å²) in [4.78, 5) is 1.87. The molecule has 1 atom stereocenters. The van der Waals surface area contributed by atoms with Crippen LogP contribution in [0, 0.1) is 11.6 Å². The van der Waals surface area contributed by atoms with Crippen molar-refractivity contribution in [1.29, 1.82) is 0 Å². The smallest absolute Gasteiger partial charge is 0.147 e. The zero-order valence-electron chi connectivity index (χ0n) is 8.93. The molecule has 1 fully saturated rings. The van der Waals surface area contributed by atoms with E-state index in [4.69, 9.17) is 0 Å². The molecule has 1 N–H and O–H groups in total. The first-order valence-corrected chi connectivity index (χ1v) is 6.00. The lowest BCUT2D eigenvalue weighted by atomic mass is 10.2. The minimum atomic E-state index is -0.428. The molecular weight excluding hydrogens is 278 g/mol. The Morgan fingerprint density at radius 2 is 2.12 bits per heavy atom. The van der Waals surface area contributed by atoms with E-state index in [2.05, 4.69) is 21.2 Å². The summed E-state index contributed by atoms with van der Waals surface area (Å²) in [5, 5.41) is 3.26. The van der Waals surface area contributed by atoms with Crippen LogP contribution in [0.4, 0.5) is 14.5 Å². The highest BCUT2D eigenvalue weighted by Crippen LogP contribution is 2.26. The van der Waals surface area contributed by atoms with Crippen LogP contribution in [0.5, 0.6) is 0 Å². The van der Waals surface area contributed by atoms with Crippen molar-refractivity contribution in [2.24, 2.45) is 0 Å². The van der Waals surface area contributed by atoms with E-state index in [1.807, 2.05) is 11.8 Å². The lowest BCUT2D eigenvalue weighted by Gasteiger charge is -2.33. The van der Waals surface area contributed by atoms with Gasteiger partial charge in [0.25, 0.3) is 0 Å². The summed E-state index contributed by atoms with van der Waals surface area (Å²) in [6.07, 6.45) is 0.